The zero-order chi connectivity index (χ0) is 46.8. The first-order valence-corrected chi connectivity index (χ1v) is 28.8. The molecule has 64 heavy (non-hydrogen) atoms. The third kappa shape index (κ3) is 49.8. The fourth-order valence-electron chi connectivity index (χ4n) is 8.84. The lowest BCUT2D eigenvalue weighted by Gasteiger charge is -2.18. The maximum Gasteiger partial charge on any atom is 0.306 e. The van der Waals surface area contributed by atoms with E-state index >= 15 is 0 Å². The summed E-state index contributed by atoms with van der Waals surface area (Å²) in [5, 5.41) is 0. The van der Waals surface area contributed by atoms with Crippen LogP contribution < -0.4 is 0 Å². The standard InChI is InChI=1S/C58H112O6/c1-6-8-9-10-11-12-13-14-19-23-26-29-32-38-43-48-56(59)62-51-55(64-58(61)50-45-40-35-34-37-42-47-54(5)7-2)52-63-57(60)49-44-39-33-30-27-24-21-18-16-15-17-20-22-25-28-31-36-41-46-53(3)4/h53-55H,6-52H2,1-5H3/t54?,55-/m1/s1. The number of hydrogen-bond acceptors (Lipinski definition) is 6. The number of rotatable bonds is 52. The van der Waals surface area contributed by atoms with Crippen LogP contribution in [0.15, 0.2) is 0 Å². The normalized spacial score (nSPS) is 12.5. The van der Waals surface area contributed by atoms with Gasteiger partial charge in [-0.1, -0.05) is 285 Å². The van der Waals surface area contributed by atoms with Crippen molar-refractivity contribution in [2.75, 3.05) is 13.2 Å². The molecule has 0 N–H and O–H groups in total. The second-order valence-corrected chi connectivity index (χ2v) is 20.6. The Bertz CT molecular complexity index is 980. The predicted molar refractivity (Wildman–Crippen MR) is 275 cm³/mol. The molecule has 1 unspecified atom stereocenters. The lowest BCUT2D eigenvalue weighted by Crippen LogP contribution is -2.30. The molecule has 0 saturated carbocycles. The zero-order valence-corrected chi connectivity index (χ0v) is 43.9. The van der Waals surface area contributed by atoms with E-state index in [-0.39, 0.29) is 31.1 Å². The topological polar surface area (TPSA) is 78.9 Å². The monoisotopic (exact) mass is 905 g/mol. The highest BCUT2D eigenvalue weighted by atomic mass is 16.6. The van der Waals surface area contributed by atoms with E-state index in [0.717, 1.165) is 69.6 Å². The minimum atomic E-state index is -0.763. The molecule has 0 rings (SSSR count). The molecule has 0 aromatic rings. The number of esters is 3. The molecule has 0 aromatic carbocycles. The second-order valence-electron chi connectivity index (χ2n) is 20.6. The SMILES string of the molecule is CCCCCCCCCCCCCCCCCC(=O)OC[C@H](COC(=O)CCCCCCCCCCCCCCCCCCCCC(C)C)OC(=O)CCCCCCCCC(C)CC. The van der Waals surface area contributed by atoms with Gasteiger partial charge in [0.2, 0.25) is 0 Å². The number of carbonyl (C=O) groups excluding carboxylic acids is 3. The molecule has 0 amide bonds. The fraction of sp³-hybridized carbons (Fsp3) is 0.948. The van der Waals surface area contributed by atoms with E-state index in [4.69, 9.17) is 14.2 Å². The summed E-state index contributed by atoms with van der Waals surface area (Å²) in [6.07, 6.45) is 53.9. The van der Waals surface area contributed by atoms with Gasteiger partial charge in [0.1, 0.15) is 13.2 Å². The van der Waals surface area contributed by atoms with E-state index in [1.165, 1.54) is 212 Å². The van der Waals surface area contributed by atoms with Gasteiger partial charge in [0.05, 0.1) is 0 Å². The lowest BCUT2D eigenvalue weighted by atomic mass is 10.00. The van der Waals surface area contributed by atoms with Crippen molar-refractivity contribution in [2.45, 2.75) is 330 Å². The average Bonchev–Trinajstić information content (AvgIpc) is 3.28. The predicted octanol–water partition coefficient (Wildman–Crippen LogP) is 18.9. The zero-order valence-electron chi connectivity index (χ0n) is 43.9. The Morgan fingerprint density at radius 3 is 0.891 bits per heavy atom. The molecule has 2 atom stereocenters. The van der Waals surface area contributed by atoms with Crippen LogP contribution in [0.4, 0.5) is 0 Å². The van der Waals surface area contributed by atoms with E-state index in [1.807, 2.05) is 0 Å². The largest absolute Gasteiger partial charge is 0.462 e. The van der Waals surface area contributed by atoms with Gasteiger partial charge in [0.15, 0.2) is 6.10 Å². The smallest absolute Gasteiger partial charge is 0.306 e. The molecule has 0 heterocycles. The van der Waals surface area contributed by atoms with Gasteiger partial charge < -0.3 is 14.2 Å². The van der Waals surface area contributed by atoms with Crippen molar-refractivity contribution in [1.82, 2.24) is 0 Å². The Balaban J connectivity index is 4.19. The molecule has 0 aliphatic heterocycles. The molecule has 6 heteroatoms. The highest BCUT2D eigenvalue weighted by Gasteiger charge is 2.19. The Kier molecular flexibility index (Phi) is 49.6. The van der Waals surface area contributed by atoms with Crippen LogP contribution in [0, 0.1) is 11.8 Å². The molecule has 0 aliphatic carbocycles. The quantitative estimate of drug-likeness (QED) is 0.0344. The van der Waals surface area contributed by atoms with E-state index in [9.17, 15) is 14.4 Å². The van der Waals surface area contributed by atoms with Crippen molar-refractivity contribution in [2.24, 2.45) is 11.8 Å². The van der Waals surface area contributed by atoms with Gasteiger partial charge in [-0.2, -0.15) is 0 Å². The summed E-state index contributed by atoms with van der Waals surface area (Å²) in [6.45, 7) is 11.4. The van der Waals surface area contributed by atoms with Crippen LogP contribution >= 0.6 is 0 Å². The molecule has 0 bridgehead atoms. The molecule has 0 aromatic heterocycles. The number of hydrogen-bond donors (Lipinski definition) is 0. The Morgan fingerprint density at radius 2 is 0.594 bits per heavy atom. The van der Waals surface area contributed by atoms with Gasteiger partial charge in [-0.05, 0) is 31.1 Å². The molecular formula is C58H112O6. The summed E-state index contributed by atoms with van der Waals surface area (Å²) in [5.41, 5.74) is 0. The highest BCUT2D eigenvalue weighted by Crippen LogP contribution is 2.18. The van der Waals surface area contributed by atoms with Crippen LogP contribution in [0.3, 0.4) is 0 Å². The van der Waals surface area contributed by atoms with E-state index in [0.29, 0.717) is 19.3 Å². The van der Waals surface area contributed by atoms with Crippen LogP contribution in [0.5, 0.6) is 0 Å². The number of unbranched alkanes of at least 4 members (excludes halogenated alkanes) is 36. The van der Waals surface area contributed by atoms with Gasteiger partial charge >= 0.3 is 17.9 Å². The van der Waals surface area contributed by atoms with Gasteiger partial charge in [-0.25, -0.2) is 0 Å². The van der Waals surface area contributed by atoms with Crippen molar-refractivity contribution in [1.29, 1.82) is 0 Å². The summed E-state index contributed by atoms with van der Waals surface area (Å²) in [6, 6.07) is 0. The molecule has 0 aliphatic rings. The third-order valence-corrected chi connectivity index (χ3v) is 13.6. The second kappa shape index (κ2) is 50.8. The molecule has 0 saturated heterocycles. The Labute approximate surface area is 399 Å². The molecule has 0 fully saturated rings. The Morgan fingerprint density at radius 1 is 0.328 bits per heavy atom. The Hall–Kier alpha value is -1.59. The summed E-state index contributed by atoms with van der Waals surface area (Å²) < 4.78 is 16.9. The van der Waals surface area contributed by atoms with E-state index in [2.05, 4.69) is 34.6 Å². The van der Waals surface area contributed by atoms with Crippen molar-refractivity contribution in [3.05, 3.63) is 0 Å². The van der Waals surface area contributed by atoms with Gasteiger partial charge in [0, 0.05) is 19.3 Å². The maximum atomic E-state index is 12.8. The summed E-state index contributed by atoms with van der Waals surface area (Å²) in [4.78, 5) is 38.0. The first-order valence-electron chi connectivity index (χ1n) is 28.8. The maximum absolute atomic E-state index is 12.8. The van der Waals surface area contributed by atoms with Crippen molar-refractivity contribution >= 4 is 17.9 Å². The summed E-state index contributed by atoms with van der Waals surface area (Å²) in [5.74, 6) is 0.824. The van der Waals surface area contributed by atoms with E-state index in [1.54, 1.807) is 0 Å². The fourth-order valence-corrected chi connectivity index (χ4v) is 8.84. The highest BCUT2D eigenvalue weighted by molar-refractivity contribution is 5.71. The molecule has 380 valence electrons. The summed E-state index contributed by atoms with van der Waals surface area (Å²) >= 11 is 0. The molecule has 6 nitrogen and oxygen atoms in total. The minimum absolute atomic E-state index is 0.0638. The van der Waals surface area contributed by atoms with Gasteiger partial charge in [-0.15, -0.1) is 0 Å². The number of ether oxygens (including phenoxy) is 3. The van der Waals surface area contributed by atoms with Crippen LogP contribution in [-0.4, -0.2) is 37.2 Å². The van der Waals surface area contributed by atoms with Crippen molar-refractivity contribution in [3.63, 3.8) is 0 Å². The van der Waals surface area contributed by atoms with Crippen molar-refractivity contribution in [3.8, 4) is 0 Å². The van der Waals surface area contributed by atoms with Crippen molar-refractivity contribution < 1.29 is 28.6 Å². The summed E-state index contributed by atoms with van der Waals surface area (Å²) in [7, 11) is 0. The minimum Gasteiger partial charge on any atom is -0.462 e. The van der Waals surface area contributed by atoms with Crippen LogP contribution in [0.1, 0.15) is 324 Å². The molecular weight excluding hydrogens is 793 g/mol. The lowest BCUT2D eigenvalue weighted by molar-refractivity contribution is -0.167. The van der Waals surface area contributed by atoms with Gasteiger partial charge in [0.25, 0.3) is 0 Å². The molecule has 0 radical (unpaired) electrons. The van der Waals surface area contributed by atoms with Crippen LogP contribution in [0.2, 0.25) is 0 Å². The van der Waals surface area contributed by atoms with Gasteiger partial charge in [-0.3, -0.25) is 14.4 Å². The first kappa shape index (κ1) is 62.4. The van der Waals surface area contributed by atoms with Crippen LogP contribution in [-0.2, 0) is 28.6 Å². The first-order chi connectivity index (χ1) is 31.3. The number of carbonyl (C=O) groups is 3. The molecule has 0 spiro atoms. The van der Waals surface area contributed by atoms with E-state index < -0.39 is 6.10 Å². The third-order valence-electron chi connectivity index (χ3n) is 13.6. The van der Waals surface area contributed by atoms with Crippen LogP contribution in [0.25, 0.3) is 0 Å². The average molecular weight is 906 g/mol.